The van der Waals surface area contributed by atoms with Crippen molar-refractivity contribution in [2.24, 2.45) is 0 Å². The summed E-state index contributed by atoms with van der Waals surface area (Å²) in [6.07, 6.45) is 0. The number of esters is 1. The first-order valence-corrected chi connectivity index (χ1v) is 10.0. The first-order valence-electron chi connectivity index (χ1n) is 9.26. The van der Waals surface area contributed by atoms with Crippen LogP contribution in [0.1, 0.15) is 15.9 Å². The van der Waals surface area contributed by atoms with Crippen LogP contribution in [0.15, 0.2) is 69.9 Å². The van der Waals surface area contributed by atoms with Gasteiger partial charge in [-0.25, -0.2) is 4.79 Å². The van der Waals surface area contributed by atoms with Crippen molar-refractivity contribution in [1.29, 1.82) is 0 Å². The number of carbonyl (C=O) groups is 1. The van der Waals surface area contributed by atoms with E-state index in [0.29, 0.717) is 26.9 Å². The predicted molar refractivity (Wildman–Crippen MR) is 121 cm³/mol. The van der Waals surface area contributed by atoms with Crippen LogP contribution in [-0.2, 0) is 0 Å². The molecule has 0 radical (unpaired) electrons. The Kier molecular flexibility index (Phi) is 5.72. The zero-order valence-electron chi connectivity index (χ0n) is 16.6. The molecule has 0 aliphatic carbocycles. The van der Waals surface area contributed by atoms with E-state index >= 15 is 0 Å². The summed E-state index contributed by atoms with van der Waals surface area (Å²) < 4.78 is 16.6. The standard InChI is InChI=1S/C24H16Cl2O5/c1-13-11-20-18(12-19(13)26)21(27)23(22(30-20)14-3-7-16(25)8-4-14)31-24(28)15-5-9-17(29-2)10-6-15/h3-12H,1-2H3. The molecule has 4 aromatic rings. The minimum absolute atomic E-state index is 0.123. The fraction of sp³-hybridized carbons (Fsp3) is 0.0833. The van der Waals surface area contributed by atoms with Gasteiger partial charge in [-0.2, -0.15) is 0 Å². The molecule has 5 nitrogen and oxygen atoms in total. The number of methoxy groups -OCH3 is 1. The molecule has 1 aromatic heterocycles. The monoisotopic (exact) mass is 454 g/mol. The summed E-state index contributed by atoms with van der Waals surface area (Å²) >= 11 is 12.2. The number of benzene rings is 3. The fourth-order valence-electron chi connectivity index (χ4n) is 3.06. The lowest BCUT2D eigenvalue weighted by atomic mass is 10.1. The molecule has 31 heavy (non-hydrogen) atoms. The number of hydrogen-bond donors (Lipinski definition) is 0. The highest BCUT2D eigenvalue weighted by Crippen LogP contribution is 2.33. The summed E-state index contributed by atoms with van der Waals surface area (Å²) in [5.41, 5.74) is 1.37. The zero-order valence-corrected chi connectivity index (χ0v) is 18.1. The van der Waals surface area contributed by atoms with Crippen LogP contribution in [0.5, 0.6) is 11.5 Å². The van der Waals surface area contributed by atoms with Crippen molar-refractivity contribution < 1.29 is 18.7 Å². The van der Waals surface area contributed by atoms with Gasteiger partial charge in [-0.05, 0) is 73.2 Å². The summed E-state index contributed by atoms with van der Waals surface area (Å²) in [6, 6.07) is 16.2. The second kappa shape index (κ2) is 8.46. The molecule has 0 saturated carbocycles. The van der Waals surface area contributed by atoms with E-state index in [2.05, 4.69) is 0 Å². The van der Waals surface area contributed by atoms with Crippen LogP contribution in [0.3, 0.4) is 0 Å². The van der Waals surface area contributed by atoms with Crippen molar-refractivity contribution in [3.63, 3.8) is 0 Å². The van der Waals surface area contributed by atoms with Crippen LogP contribution in [0, 0.1) is 6.92 Å². The number of halogens is 2. The lowest BCUT2D eigenvalue weighted by molar-refractivity contribution is 0.0731. The van der Waals surface area contributed by atoms with Gasteiger partial charge in [-0.3, -0.25) is 4.79 Å². The zero-order chi connectivity index (χ0) is 22.1. The molecule has 0 bridgehead atoms. The van der Waals surface area contributed by atoms with Crippen LogP contribution in [-0.4, -0.2) is 13.1 Å². The van der Waals surface area contributed by atoms with Gasteiger partial charge in [0.15, 0.2) is 5.76 Å². The number of ether oxygens (including phenoxy) is 2. The molecule has 0 spiro atoms. The fourth-order valence-corrected chi connectivity index (χ4v) is 3.35. The summed E-state index contributed by atoms with van der Waals surface area (Å²) in [4.78, 5) is 26.0. The van der Waals surface area contributed by atoms with Crippen molar-refractivity contribution in [1.82, 2.24) is 0 Å². The highest BCUT2D eigenvalue weighted by atomic mass is 35.5. The van der Waals surface area contributed by atoms with E-state index in [4.69, 9.17) is 37.1 Å². The average Bonchev–Trinajstić information content (AvgIpc) is 2.77. The minimum atomic E-state index is -0.706. The topological polar surface area (TPSA) is 65.7 Å². The average molecular weight is 455 g/mol. The Hall–Kier alpha value is -3.28. The molecule has 4 rings (SSSR count). The maximum Gasteiger partial charge on any atom is 0.343 e. The first kappa shape index (κ1) is 21.0. The highest BCUT2D eigenvalue weighted by Gasteiger charge is 2.22. The van der Waals surface area contributed by atoms with E-state index in [-0.39, 0.29) is 22.5 Å². The minimum Gasteiger partial charge on any atom is -0.497 e. The van der Waals surface area contributed by atoms with Gasteiger partial charge in [0.1, 0.15) is 11.3 Å². The van der Waals surface area contributed by atoms with Crippen molar-refractivity contribution in [2.75, 3.05) is 7.11 Å². The Bertz CT molecular complexity index is 1340. The van der Waals surface area contributed by atoms with Crippen LogP contribution >= 0.6 is 23.2 Å². The lowest BCUT2D eigenvalue weighted by Crippen LogP contribution is -2.16. The van der Waals surface area contributed by atoms with E-state index < -0.39 is 11.4 Å². The number of rotatable bonds is 4. The van der Waals surface area contributed by atoms with Gasteiger partial charge in [0.25, 0.3) is 0 Å². The van der Waals surface area contributed by atoms with E-state index in [1.165, 1.54) is 13.2 Å². The summed E-state index contributed by atoms with van der Waals surface area (Å²) in [5.74, 6) is -0.218. The maximum absolute atomic E-state index is 13.3. The third-order valence-electron chi connectivity index (χ3n) is 4.76. The molecule has 7 heteroatoms. The molecule has 0 unspecified atom stereocenters. The lowest BCUT2D eigenvalue weighted by Gasteiger charge is -2.12. The number of carbonyl (C=O) groups excluding carboxylic acids is 1. The van der Waals surface area contributed by atoms with Crippen LogP contribution < -0.4 is 14.9 Å². The molecular formula is C24H16Cl2O5. The number of aryl methyl sites for hydroxylation is 1. The third kappa shape index (κ3) is 4.15. The Morgan fingerprint density at radius 1 is 0.968 bits per heavy atom. The van der Waals surface area contributed by atoms with E-state index in [1.54, 1.807) is 61.5 Å². The number of hydrogen-bond acceptors (Lipinski definition) is 5. The number of fused-ring (bicyclic) bond motifs is 1. The molecule has 0 N–H and O–H groups in total. The predicted octanol–water partition coefficient (Wildman–Crippen LogP) is 6.30. The van der Waals surface area contributed by atoms with Gasteiger partial charge in [0.2, 0.25) is 11.2 Å². The van der Waals surface area contributed by atoms with Crippen LogP contribution in [0.2, 0.25) is 10.0 Å². The van der Waals surface area contributed by atoms with Crippen molar-refractivity contribution in [2.45, 2.75) is 6.92 Å². The van der Waals surface area contributed by atoms with Gasteiger partial charge in [-0.1, -0.05) is 23.2 Å². The molecule has 156 valence electrons. The SMILES string of the molecule is COc1ccc(C(=O)Oc2c(-c3ccc(Cl)cc3)oc3cc(C)c(Cl)cc3c2=O)cc1. The van der Waals surface area contributed by atoms with Crippen LogP contribution in [0.4, 0.5) is 0 Å². The normalized spacial score (nSPS) is 10.8. The van der Waals surface area contributed by atoms with Gasteiger partial charge in [0.05, 0.1) is 18.1 Å². The Morgan fingerprint density at radius 3 is 2.29 bits per heavy atom. The van der Waals surface area contributed by atoms with E-state index in [9.17, 15) is 9.59 Å². The maximum atomic E-state index is 13.3. The van der Waals surface area contributed by atoms with Gasteiger partial charge in [0, 0.05) is 15.6 Å². The molecule has 0 aliphatic rings. The first-order chi connectivity index (χ1) is 14.9. The quantitative estimate of drug-likeness (QED) is 0.338. The Morgan fingerprint density at radius 2 is 1.65 bits per heavy atom. The molecule has 1 heterocycles. The second-order valence-corrected chi connectivity index (χ2v) is 7.66. The van der Waals surface area contributed by atoms with Crippen molar-refractivity contribution in [3.05, 3.63) is 92.1 Å². The van der Waals surface area contributed by atoms with Gasteiger partial charge in [-0.15, -0.1) is 0 Å². The highest BCUT2D eigenvalue weighted by molar-refractivity contribution is 6.32. The third-order valence-corrected chi connectivity index (χ3v) is 5.42. The summed E-state index contributed by atoms with van der Waals surface area (Å²) in [5, 5.41) is 1.14. The van der Waals surface area contributed by atoms with Crippen LogP contribution in [0.25, 0.3) is 22.3 Å². The van der Waals surface area contributed by atoms with E-state index in [0.717, 1.165) is 5.56 Å². The van der Waals surface area contributed by atoms with Gasteiger partial charge >= 0.3 is 5.97 Å². The Labute approximate surface area is 187 Å². The molecule has 3 aromatic carbocycles. The van der Waals surface area contributed by atoms with E-state index in [1.807, 2.05) is 0 Å². The van der Waals surface area contributed by atoms with Crippen molar-refractivity contribution >= 4 is 40.1 Å². The largest absolute Gasteiger partial charge is 0.497 e. The van der Waals surface area contributed by atoms with Crippen molar-refractivity contribution in [3.8, 4) is 22.8 Å². The smallest absolute Gasteiger partial charge is 0.343 e. The molecule has 0 atom stereocenters. The molecule has 0 fully saturated rings. The summed E-state index contributed by atoms with van der Waals surface area (Å²) in [6.45, 7) is 1.81. The molecule has 0 aliphatic heterocycles. The molecule has 0 saturated heterocycles. The molecule has 0 amide bonds. The second-order valence-electron chi connectivity index (χ2n) is 6.81. The molecular weight excluding hydrogens is 439 g/mol. The summed E-state index contributed by atoms with van der Waals surface area (Å²) in [7, 11) is 1.53. The Balaban J connectivity index is 1.88. The van der Waals surface area contributed by atoms with Gasteiger partial charge < -0.3 is 13.9 Å².